The van der Waals surface area contributed by atoms with Gasteiger partial charge in [0, 0.05) is 12.2 Å². The highest BCUT2D eigenvalue weighted by Gasteiger charge is 2.30. The zero-order valence-electron chi connectivity index (χ0n) is 10.9. The molecule has 2 aromatic rings. The van der Waals surface area contributed by atoms with Gasteiger partial charge in [-0.25, -0.2) is 4.90 Å². The van der Waals surface area contributed by atoms with Gasteiger partial charge in [-0.2, -0.15) is 0 Å². The van der Waals surface area contributed by atoms with Crippen LogP contribution in [0, 0.1) is 0 Å². The summed E-state index contributed by atoms with van der Waals surface area (Å²) in [6.45, 7) is 0. The number of alkyl halides is 1. The lowest BCUT2D eigenvalue weighted by Gasteiger charge is -2.15. The summed E-state index contributed by atoms with van der Waals surface area (Å²) in [5.74, 6) is -0.580. The average Bonchev–Trinajstić information content (AvgIpc) is 2.98. The number of anilines is 1. The smallest absolute Gasteiger partial charge is 0.258 e. The van der Waals surface area contributed by atoms with Crippen LogP contribution in [0.1, 0.15) is 16.0 Å². The van der Waals surface area contributed by atoms with E-state index in [0.29, 0.717) is 5.69 Å². The van der Waals surface area contributed by atoms with E-state index in [0.717, 1.165) is 11.1 Å². The molecular formula is C17H10BrNO2. The molecule has 2 amide bonds. The molecule has 0 spiro atoms. The van der Waals surface area contributed by atoms with E-state index in [-0.39, 0.29) is 16.6 Å². The molecule has 1 aliphatic heterocycles. The van der Waals surface area contributed by atoms with E-state index in [4.69, 9.17) is 0 Å². The second-order valence-corrected chi connectivity index (χ2v) is 5.98. The van der Waals surface area contributed by atoms with E-state index in [1.807, 2.05) is 30.3 Å². The first-order valence-corrected chi connectivity index (χ1v) is 7.52. The van der Waals surface area contributed by atoms with Crippen LogP contribution in [0.2, 0.25) is 0 Å². The molecule has 1 unspecified atom stereocenters. The van der Waals surface area contributed by atoms with Gasteiger partial charge in [-0.1, -0.05) is 46.3 Å². The fourth-order valence-electron chi connectivity index (χ4n) is 2.93. The number of hydrogen-bond donors (Lipinski definition) is 0. The molecule has 102 valence electrons. The fraction of sp³-hybridized carbons (Fsp3) is 0.0588. The lowest BCUT2D eigenvalue weighted by molar-refractivity contribution is -0.119. The van der Waals surface area contributed by atoms with Gasteiger partial charge >= 0.3 is 0 Å². The van der Waals surface area contributed by atoms with Gasteiger partial charge < -0.3 is 0 Å². The van der Waals surface area contributed by atoms with Gasteiger partial charge in [-0.05, 0) is 34.4 Å². The Morgan fingerprint density at radius 2 is 1.52 bits per heavy atom. The van der Waals surface area contributed by atoms with Crippen molar-refractivity contribution in [3.63, 3.8) is 0 Å². The summed E-state index contributed by atoms with van der Waals surface area (Å²) < 4.78 is 0. The summed E-state index contributed by atoms with van der Waals surface area (Å²) in [6.07, 6.45) is 2.60. The summed E-state index contributed by atoms with van der Waals surface area (Å²) in [6, 6.07) is 13.9. The second kappa shape index (κ2) is 4.40. The zero-order valence-corrected chi connectivity index (χ0v) is 12.5. The lowest BCUT2D eigenvalue weighted by atomic mass is 10.1. The molecule has 0 N–H and O–H groups in total. The monoisotopic (exact) mass is 339 g/mol. The molecule has 0 radical (unpaired) electrons. The summed E-state index contributed by atoms with van der Waals surface area (Å²) in [7, 11) is 0. The van der Waals surface area contributed by atoms with Crippen molar-refractivity contribution in [3.8, 4) is 11.1 Å². The first-order valence-electron chi connectivity index (χ1n) is 6.60. The number of nitrogens with zero attached hydrogens (tertiary/aromatic N) is 1. The Balaban J connectivity index is 1.84. The molecule has 2 aromatic carbocycles. The summed E-state index contributed by atoms with van der Waals surface area (Å²) in [4.78, 5) is 24.9. The molecule has 1 aliphatic carbocycles. The van der Waals surface area contributed by atoms with E-state index in [1.165, 1.54) is 28.2 Å². The van der Waals surface area contributed by atoms with Crippen molar-refractivity contribution < 1.29 is 9.59 Å². The van der Waals surface area contributed by atoms with Crippen molar-refractivity contribution in [2.24, 2.45) is 0 Å². The molecule has 0 saturated carbocycles. The van der Waals surface area contributed by atoms with Gasteiger partial charge in [0.25, 0.3) is 11.8 Å². The first-order chi connectivity index (χ1) is 10.2. The minimum Gasteiger partial charge on any atom is -0.269 e. The number of imide groups is 1. The summed E-state index contributed by atoms with van der Waals surface area (Å²) >= 11 is 3.70. The summed E-state index contributed by atoms with van der Waals surface area (Å²) in [5, 5.41) is 0. The highest BCUT2D eigenvalue weighted by atomic mass is 79.9. The van der Waals surface area contributed by atoms with Crippen LogP contribution >= 0.6 is 15.9 Å². The van der Waals surface area contributed by atoms with Crippen molar-refractivity contribution in [1.29, 1.82) is 0 Å². The van der Waals surface area contributed by atoms with Crippen LogP contribution in [-0.2, 0) is 9.59 Å². The molecule has 2 aliphatic rings. The molecule has 0 fully saturated rings. The predicted molar refractivity (Wildman–Crippen MR) is 84.3 cm³/mol. The molecule has 4 heteroatoms. The number of halogens is 1. The fourth-order valence-corrected chi connectivity index (χ4v) is 3.71. The molecule has 0 aromatic heterocycles. The van der Waals surface area contributed by atoms with Crippen LogP contribution < -0.4 is 4.90 Å². The van der Waals surface area contributed by atoms with E-state index in [9.17, 15) is 9.59 Å². The minimum atomic E-state index is -0.290. The quantitative estimate of drug-likeness (QED) is 0.588. The average molecular weight is 340 g/mol. The molecule has 1 atom stereocenters. The van der Waals surface area contributed by atoms with E-state index < -0.39 is 0 Å². The highest BCUT2D eigenvalue weighted by Crippen LogP contribution is 2.48. The van der Waals surface area contributed by atoms with Crippen LogP contribution in [0.5, 0.6) is 0 Å². The van der Waals surface area contributed by atoms with Gasteiger partial charge in [-0.3, -0.25) is 9.59 Å². The van der Waals surface area contributed by atoms with Crippen LogP contribution in [0.15, 0.2) is 54.6 Å². The molecule has 0 saturated heterocycles. The second-order valence-electron chi connectivity index (χ2n) is 5.07. The molecule has 4 rings (SSSR count). The molecule has 0 bridgehead atoms. The SMILES string of the molecule is O=C1C=CC(=O)N1c1ccc2c(c1)C(Br)c1ccccc1-2. The van der Waals surface area contributed by atoms with E-state index in [2.05, 4.69) is 28.1 Å². The highest BCUT2D eigenvalue weighted by molar-refractivity contribution is 9.09. The van der Waals surface area contributed by atoms with Crippen molar-refractivity contribution >= 4 is 33.4 Å². The van der Waals surface area contributed by atoms with Crippen LogP contribution in [0.25, 0.3) is 11.1 Å². The Bertz CT molecular complexity index is 807. The third kappa shape index (κ3) is 1.72. The van der Waals surface area contributed by atoms with Gasteiger partial charge in [0.05, 0.1) is 10.5 Å². The number of fused-ring (bicyclic) bond motifs is 3. The molecule has 3 nitrogen and oxygen atoms in total. The van der Waals surface area contributed by atoms with Crippen LogP contribution in [-0.4, -0.2) is 11.8 Å². The van der Waals surface area contributed by atoms with Gasteiger partial charge in [-0.15, -0.1) is 0 Å². The van der Waals surface area contributed by atoms with Crippen molar-refractivity contribution in [1.82, 2.24) is 0 Å². The summed E-state index contributed by atoms with van der Waals surface area (Å²) in [5.41, 5.74) is 5.25. The molecule has 1 heterocycles. The van der Waals surface area contributed by atoms with Crippen molar-refractivity contribution in [3.05, 3.63) is 65.7 Å². The number of rotatable bonds is 1. The van der Waals surface area contributed by atoms with Crippen molar-refractivity contribution in [2.75, 3.05) is 4.90 Å². The topological polar surface area (TPSA) is 37.4 Å². The third-order valence-electron chi connectivity index (χ3n) is 3.90. The largest absolute Gasteiger partial charge is 0.269 e. The number of benzene rings is 2. The van der Waals surface area contributed by atoms with Crippen molar-refractivity contribution in [2.45, 2.75) is 4.83 Å². The van der Waals surface area contributed by atoms with Gasteiger partial charge in [0.1, 0.15) is 0 Å². The molecular weight excluding hydrogens is 330 g/mol. The Morgan fingerprint density at radius 3 is 2.29 bits per heavy atom. The number of carbonyl (C=O) groups is 2. The maximum atomic E-state index is 11.8. The van der Waals surface area contributed by atoms with Gasteiger partial charge in [0.2, 0.25) is 0 Å². The number of amides is 2. The Kier molecular flexibility index (Phi) is 2.62. The first kappa shape index (κ1) is 12.5. The molecule has 21 heavy (non-hydrogen) atoms. The van der Waals surface area contributed by atoms with Crippen LogP contribution in [0.3, 0.4) is 0 Å². The zero-order chi connectivity index (χ0) is 14.6. The number of carbonyl (C=O) groups excluding carboxylic acids is 2. The third-order valence-corrected chi connectivity index (χ3v) is 4.89. The van der Waals surface area contributed by atoms with E-state index in [1.54, 1.807) is 0 Å². The van der Waals surface area contributed by atoms with Crippen LogP contribution in [0.4, 0.5) is 5.69 Å². The van der Waals surface area contributed by atoms with E-state index >= 15 is 0 Å². The maximum Gasteiger partial charge on any atom is 0.258 e. The van der Waals surface area contributed by atoms with Gasteiger partial charge in [0.15, 0.2) is 0 Å². The lowest BCUT2D eigenvalue weighted by Crippen LogP contribution is -2.29. The Morgan fingerprint density at radius 1 is 0.857 bits per heavy atom. The minimum absolute atomic E-state index is 0.0874. The standard InChI is InChI=1S/C17H10BrNO2/c18-17-13-4-2-1-3-11(13)12-6-5-10(9-14(12)17)19-15(20)7-8-16(19)21/h1-9,17H. The maximum absolute atomic E-state index is 11.8. The normalized spacial score (nSPS) is 19.1. The predicted octanol–water partition coefficient (Wildman–Crippen LogP) is 3.58. The number of hydrogen-bond acceptors (Lipinski definition) is 2. The Labute approximate surface area is 130 Å². The Hall–Kier alpha value is -2.20.